The zero-order valence-corrected chi connectivity index (χ0v) is 52.5. The predicted octanol–water partition coefficient (Wildman–Crippen LogP) is 0.680. The molecule has 12 amide bonds. The fourth-order valence-electron chi connectivity index (χ4n) is 10.2. The molecule has 12 N–H and O–H groups in total. The third kappa shape index (κ3) is 21.6. The molecule has 0 unspecified atom stereocenters. The van der Waals surface area contributed by atoms with Crippen LogP contribution in [0.15, 0.2) is 0 Å². The Morgan fingerprint density at radius 2 is 0.976 bits per heavy atom. The summed E-state index contributed by atoms with van der Waals surface area (Å²) in [6.45, 7) is 28.3. The fourth-order valence-corrected chi connectivity index (χ4v) is 10.2. The zero-order chi connectivity index (χ0) is 63.6. The Hall–Kier alpha value is -6.40. The molecule has 0 bridgehead atoms. The minimum atomic E-state index is -1.65. The van der Waals surface area contributed by atoms with Gasteiger partial charge in [0.1, 0.15) is 58.9 Å². The Kier molecular flexibility index (Phi) is 28.1. The molecule has 2 aliphatic heterocycles. The minimum Gasteiger partial charge on any atom is -0.394 e. The number of likely N-dealkylation sites (tertiary alicyclic amines) is 2. The first-order valence-corrected chi connectivity index (χ1v) is 29.6. The average molecular weight is 1180 g/mol. The van der Waals surface area contributed by atoms with Gasteiger partial charge in [-0.2, -0.15) is 0 Å². The predicted molar refractivity (Wildman–Crippen MR) is 312 cm³/mol. The molecule has 25 heteroatoms. The van der Waals surface area contributed by atoms with E-state index < -0.39 is 142 Å². The SMILES string of the molecule is CC[C@@H](C)[C@@H](CO)NC(=O)[C@@H]1CCCN1C(=O)C(C)(C)NC(=O)[C@H](CC(C)C)NC(=O)[C@H](CC(C)C)NC(=O)[C@@H]1CCCN1C(=O)C(C)(C)NC(=O)[C@@H](NC(=O)[C@@H](NC(=O)[C@H](CCC(N)=O)NC(=O)C(C)(C)NC(C)=O)C(C)C)[C@@H](C)CC. The third-order valence-electron chi connectivity index (χ3n) is 15.5. The first-order chi connectivity index (χ1) is 38.3. The maximum absolute atomic E-state index is 14.5. The van der Waals surface area contributed by atoms with Gasteiger partial charge in [0.05, 0.1) is 12.6 Å². The number of carbonyl (C=O) groups is 12. The highest BCUT2D eigenvalue weighted by Crippen LogP contribution is 2.25. The van der Waals surface area contributed by atoms with Crippen molar-refractivity contribution < 1.29 is 62.6 Å². The first-order valence-electron chi connectivity index (χ1n) is 29.6. The molecule has 25 nitrogen and oxygen atoms in total. The molecule has 0 aliphatic carbocycles. The minimum absolute atomic E-state index is 0.00217. The maximum Gasteiger partial charge on any atom is 0.248 e. The van der Waals surface area contributed by atoms with Crippen molar-refractivity contribution in [3.8, 4) is 0 Å². The summed E-state index contributed by atoms with van der Waals surface area (Å²) in [5.41, 5.74) is 0.744. The highest BCUT2D eigenvalue weighted by Gasteiger charge is 2.46. The zero-order valence-electron chi connectivity index (χ0n) is 52.5. The van der Waals surface area contributed by atoms with Gasteiger partial charge in [-0.1, -0.05) is 82.1 Å². The maximum atomic E-state index is 14.5. The fraction of sp³-hybridized carbons (Fsp3) is 0.793. The van der Waals surface area contributed by atoms with Gasteiger partial charge in [-0.3, -0.25) is 57.5 Å². The van der Waals surface area contributed by atoms with Crippen molar-refractivity contribution in [2.45, 2.75) is 247 Å². The molecule has 2 fully saturated rings. The molecule has 0 aromatic carbocycles. The second kappa shape index (κ2) is 32.0. The number of primary amides is 1. The molecule has 2 rings (SSSR count). The van der Waals surface area contributed by atoms with Gasteiger partial charge in [0.25, 0.3) is 0 Å². The lowest BCUT2D eigenvalue weighted by Gasteiger charge is -2.36. The summed E-state index contributed by atoms with van der Waals surface area (Å²) < 4.78 is 0. The number of hydrogen-bond acceptors (Lipinski definition) is 13. The molecule has 2 aliphatic rings. The summed E-state index contributed by atoms with van der Waals surface area (Å²) in [6.07, 6.45) is 2.51. The van der Waals surface area contributed by atoms with Gasteiger partial charge >= 0.3 is 0 Å². The molecular weight excluding hydrogens is 1070 g/mol. The van der Waals surface area contributed by atoms with E-state index in [0.717, 1.165) is 6.42 Å². The van der Waals surface area contributed by atoms with Crippen LogP contribution in [0.1, 0.15) is 182 Å². The quantitative estimate of drug-likeness (QED) is 0.0442. The van der Waals surface area contributed by atoms with Gasteiger partial charge < -0.3 is 68.5 Å². The van der Waals surface area contributed by atoms with Crippen molar-refractivity contribution >= 4 is 70.9 Å². The van der Waals surface area contributed by atoms with Crippen LogP contribution in [0.25, 0.3) is 0 Å². The van der Waals surface area contributed by atoms with Crippen LogP contribution in [0.5, 0.6) is 0 Å². The lowest BCUT2D eigenvalue weighted by molar-refractivity contribution is -0.146. The number of aliphatic hydroxyl groups is 1. The van der Waals surface area contributed by atoms with E-state index in [4.69, 9.17) is 5.73 Å². The van der Waals surface area contributed by atoms with Crippen LogP contribution in [-0.4, -0.2) is 170 Å². The average Bonchev–Trinajstić information content (AvgIpc) is 4.35. The van der Waals surface area contributed by atoms with Crippen LogP contribution in [0, 0.1) is 29.6 Å². The summed E-state index contributed by atoms with van der Waals surface area (Å²) in [4.78, 5) is 167. The molecule has 0 aromatic rings. The van der Waals surface area contributed by atoms with Crippen molar-refractivity contribution in [2.24, 2.45) is 35.3 Å². The Balaban J connectivity index is 2.31. The Morgan fingerprint density at radius 3 is 1.41 bits per heavy atom. The molecule has 2 heterocycles. The molecule has 0 saturated carbocycles. The van der Waals surface area contributed by atoms with Gasteiger partial charge in [-0.05, 0) is 116 Å². The van der Waals surface area contributed by atoms with Crippen molar-refractivity contribution in [1.82, 2.24) is 57.7 Å². The van der Waals surface area contributed by atoms with Crippen molar-refractivity contribution in [3.05, 3.63) is 0 Å². The Bertz CT molecular complexity index is 2320. The van der Waals surface area contributed by atoms with Crippen LogP contribution in [0.2, 0.25) is 0 Å². The number of amides is 12. The molecule has 0 radical (unpaired) electrons. The van der Waals surface area contributed by atoms with E-state index in [2.05, 4.69) is 47.9 Å². The molecular formula is C58H102N12O13. The van der Waals surface area contributed by atoms with Crippen LogP contribution >= 0.6 is 0 Å². The van der Waals surface area contributed by atoms with Crippen molar-refractivity contribution in [1.29, 1.82) is 0 Å². The van der Waals surface area contributed by atoms with Gasteiger partial charge in [0, 0.05) is 26.4 Å². The molecule has 10 atom stereocenters. The number of hydrogen-bond donors (Lipinski definition) is 11. The monoisotopic (exact) mass is 1170 g/mol. The molecule has 0 aromatic heterocycles. The number of aliphatic hydroxyl groups excluding tert-OH is 1. The van der Waals surface area contributed by atoms with Crippen molar-refractivity contribution in [3.63, 3.8) is 0 Å². The van der Waals surface area contributed by atoms with E-state index >= 15 is 0 Å². The number of carbonyl (C=O) groups excluding carboxylic acids is 12. The van der Waals surface area contributed by atoms with E-state index in [-0.39, 0.29) is 75.5 Å². The first kappa shape index (κ1) is 72.7. The van der Waals surface area contributed by atoms with Crippen LogP contribution in [-0.2, 0) is 57.5 Å². The van der Waals surface area contributed by atoms with Crippen LogP contribution < -0.4 is 53.6 Å². The molecule has 2 saturated heterocycles. The normalized spacial score (nSPS) is 18.6. The number of rotatable bonds is 32. The summed E-state index contributed by atoms with van der Waals surface area (Å²) >= 11 is 0. The Morgan fingerprint density at radius 1 is 0.530 bits per heavy atom. The van der Waals surface area contributed by atoms with Crippen molar-refractivity contribution in [2.75, 3.05) is 19.7 Å². The number of nitrogens with one attached hydrogen (secondary N) is 9. The standard InChI is InChI=1S/C58H102N12O13/c1-18-34(9)40(30-71)62-50(78)42-23-21-27-70(42)54(82)57(14,15)67-48(76)39(29-32(5)6)60-47(75)38(28-31(3)4)61-49(77)41-22-20-26-69(41)55(83)58(16,17)68-52(80)45(35(10)19-2)65-51(79)44(33(7)8)64-46(74)37(24-25-43(59)73)63-53(81)56(12,13)66-36(11)72/h31-35,37-42,44-45,71H,18-30H2,1-17H3,(H2,59,73)(H,60,75)(H,61,77)(H,62,78)(H,63,81)(H,64,74)(H,65,79)(H,66,72)(H,67,76)(H,68,80)/t34-,35+,37+,38+,39+,40-,41+,42+,44+,45+/m1/s1. The van der Waals surface area contributed by atoms with E-state index in [1.807, 2.05) is 41.5 Å². The lowest BCUT2D eigenvalue weighted by Crippen LogP contribution is -2.64. The summed E-state index contributed by atoms with van der Waals surface area (Å²) in [5.74, 6) is -9.07. The van der Waals surface area contributed by atoms with Gasteiger partial charge in [0.15, 0.2) is 0 Å². The highest BCUT2D eigenvalue weighted by atomic mass is 16.3. The van der Waals surface area contributed by atoms with E-state index in [9.17, 15) is 62.6 Å². The van der Waals surface area contributed by atoms with Crippen LogP contribution in [0.4, 0.5) is 0 Å². The summed E-state index contributed by atoms with van der Waals surface area (Å²) in [5, 5.41) is 34.5. The van der Waals surface area contributed by atoms with Gasteiger partial charge in [-0.15, -0.1) is 0 Å². The largest absolute Gasteiger partial charge is 0.394 e. The highest BCUT2D eigenvalue weighted by molar-refractivity contribution is 6.01. The second-order valence-electron chi connectivity index (χ2n) is 25.5. The van der Waals surface area contributed by atoms with E-state index in [1.165, 1.54) is 58.3 Å². The lowest BCUT2D eigenvalue weighted by atomic mass is 9.94. The summed E-state index contributed by atoms with van der Waals surface area (Å²) in [6, 6.07) is -8.52. The van der Waals surface area contributed by atoms with E-state index in [1.54, 1.807) is 27.7 Å². The van der Waals surface area contributed by atoms with Crippen LogP contribution in [0.3, 0.4) is 0 Å². The molecule has 83 heavy (non-hydrogen) atoms. The third-order valence-corrected chi connectivity index (χ3v) is 15.5. The number of nitrogens with zero attached hydrogens (tertiary/aromatic N) is 2. The van der Waals surface area contributed by atoms with E-state index in [0.29, 0.717) is 25.7 Å². The Labute approximate surface area is 491 Å². The smallest absolute Gasteiger partial charge is 0.248 e. The molecule has 0 spiro atoms. The topological polar surface area (TPSA) is 366 Å². The number of nitrogens with two attached hydrogens (primary N) is 1. The van der Waals surface area contributed by atoms with Gasteiger partial charge in [-0.25, -0.2) is 0 Å². The van der Waals surface area contributed by atoms with Gasteiger partial charge in [0.2, 0.25) is 70.9 Å². The molecule has 472 valence electrons. The second-order valence-corrected chi connectivity index (χ2v) is 25.5. The summed E-state index contributed by atoms with van der Waals surface area (Å²) in [7, 11) is 0.